The lowest BCUT2D eigenvalue weighted by Crippen LogP contribution is -2.21. The van der Waals surface area contributed by atoms with Gasteiger partial charge in [-0.05, 0) is 36.4 Å². The number of hydrogen-bond donors (Lipinski definition) is 2. The standard InChI is InChI=1S/C14H15ClN2O3S/c15-13-3-1-2-4-14(13)17-21(18,19)10-9-20-12-7-5-11(16)6-8-12/h1-8,17H,9-10,16H2. The second-order valence-electron chi connectivity index (χ2n) is 4.32. The summed E-state index contributed by atoms with van der Waals surface area (Å²) < 4.78 is 31.6. The van der Waals surface area contributed by atoms with Crippen molar-refractivity contribution in [3.8, 4) is 5.75 Å². The zero-order valence-electron chi connectivity index (χ0n) is 11.1. The van der Waals surface area contributed by atoms with Crippen molar-refractivity contribution < 1.29 is 13.2 Å². The van der Waals surface area contributed by atoms with Gasteiger partial charge in [0, 0.05) is 5.69 Å². The van der Waals surface area contributed by atoms with Crippen molar-refractivity contribution in [1.29, 1.82) is 0 Å². The molecule has 0 unspecified atom stereocenters. The molecule has 3 N–H and O–H groups in total. The summed E-state index contributed by atoms with van der Waals surface area (Å²) in [4.78, 5) is 0. The van der Waals surface area contributed by atoms with Crippen LogP contribution in [0.25, 0.3) is 0 Å². The molecule has 0 radical (unpaired) electrons. The molecule has 0 saturated carbocycles. The highest BCUT2D eigenvalue weighted by atomic mass is 35.5. The first kappa shape index (κ1) is 15.5. The summed E-state index contributed by atoms with van der Waals surface area (Å²) in [6.07, 6.45) is 0. The van der Waals surface area contributed by atoms with Crippen molar-refractivity contribution in [3.05, 3.63) is 53.6 Å². The fourth-order valence-corrected chi connectivity index (χ4v) is 2.75. The zero-order chi connectivity index (χ0) is 15.3. The second kappa shape index (κ2) is 6.69. The molecule has 0 aliphatic rings. The molecule has 2 aromatic rings. The lowest BCUT2D eigenvalue weighted by atomic mass is 10.3. The monoisotopic (exact) mass is 326 g/mol. The first-order valence-corrected chi connectivity index (χ1v) is 8.23. The molecule has 0 bridgehead atoms. The third-order valence-electron chi connectivity index (χ3n) is 2.64. The number of para-hydroxylation sites is 1. The number of sulfonamides is 1. The molecule has 5 nitrogen and oxygen atoms in total. The largest absolute Gasteiger partial charge is 0.492 e. The number of halogens is 1. The number of nitrogens with two attached hydrogens (primary N) is 1. The molecule has 0 amide bonds. The normalized spacial score (nSPS) is 11.1. The summed E-state index contributed by atoms with van der Waals surface area (Å²) in [5, 5.41) is 0.348. The third kappa shape index (κ3) is 4.84. The number of nitrogens with one attached hydrogen (secondary N) is 1. The van der Waals surface area contributed by atoms with Crippen molar-refractivity contribution in [2.45, 2.75) is 0 Å². The molecule has 0 aliphatic heterocycles. The maximum Gasteiger partial charge on any atom is 0.236 e. The fraction of sp³-hybridized carbons (Fsp3) is 0.143. The van der Waals surface area contributed by atoms with Gasteiger partial charge >= 0.3 is 0 Å². The molecule has 0 aliphatic carbocycles. The van der Waals surface area contributed by atoms with Gasteiger partial charge in [0.2, 0.25) is 10.0 Å². The van der Waals surface area contributed by atoms with Gasteiger partial charge in [0.05, 0.1) is 10.7 Å². The minimum Gasteiger partial charge on any atom is -0.492 e. The van der Waals surface area contributed by atoms with E-state index in [1.165, 1.54) is 0 Å². The summed E-state index contributed by atoms with van der Waals surface area (Å²) in [6.45, 7) is 0.0315. The van der Waals surface area contributed by atoms with E-state index >= 15 is 0 Å². The van der Waals surface area contributed by atoms with Crippen molar-refractivity contribution in [1.82, 2.24) is 0 Å². The molecular weight excluding hydrogens is 312 g/mol. The van der Waals surface area contributed by atoms with Gasteiger partial charge in [0.25, 0.3) is 0 Å². The first-order valence-electron chi connectivity index (χ1n) is 6.20. The number of hydrogen-bond acceptors (Lipinski definition) is 4. The van der Waals surface area contributed by atoms with Gasteiger partial charge in [-0.25, -0.2) is 8.42 Å². The number of nitrogen functional groups attached to an aromatic ring is 1. The second-order valence-corrected chi connectivity index (χ2v) is 6.57. The van der Waals surface area contributed by atoms with E-state index in [1.54, 1.807) is 48.5 Å². The van der Waals surface area contributed by atoms with E-state index in [0.717, 1.165) is 0 Å². The van der Waals surface area contributed by atoms with Crippen molar-refractivity contribution in [2.24, 2.45) is 0 Å². The third-order valence-corrected chi connectivity index (χ3v) is 4.20. The van der Waals surface area contributed by atoms with Crippen LogP contribution in [0.1, 0.15) is 0 Å². The van der Waals surface area contributed by atoms with Crippen LogP contribution in [0.4, 0.5) is 11.4 Å². The number of ether oxygens (including phenoxy) is 1. The van der Waals surface area contributed by atoms with Gasteiger partial charge in [0.1, 0.15) is 18.1 Å². The van der Waals surface area contributed by atoms with E-state index in [2.05, 4.69) is 4.72 Å². The van der Waals surface area contributed by atoms with E-state index in [-0.39, 0.29) is 12.4 Å². The topological polar surface area (TPSA) is 81.4 Å². The van der Waals surface area contributed by atoms with Gasteiger partial charge in [-0.2, -0.15) is 0 Å². The van der Waals surface area contributed by atoms with Crippen molar-refractivity contribution in [3.63, 3.8) is 0 Å². The predicted molar refractivity (Wildman–Crippen MR) is 85.2 cm³/mol. The maximum absolute atomic E-state index is 11.9. The van der Waals surface area contributed by atoms with Crippen LogP contribution in [-0.2, 0) is 10.0 Å². The van der Waals surface area contributed by atoms with Crippen LogP contribution < -0.4 is 15.2 Å². The van der Waals surface area contributed by atoms with E-state index in [1.807, 2.05) is 0 Å². The molecule has 21 heavy (non-hydrogen) atoms. The molecule has 2 aromatic carbocycles. The maximum atomic E-state index is 11.9. The Morgan fingerprint density at radius 1 is 1.10 bits per heavy atom. The molecule has 0 heterocycles. The summed E-state index contributed by atoms with van der Waals surface area (Å²) >= 11 is 5.91. The van der Waals surface area contributed by atoms with E-state index in [9.17, 15) is 8.42 Å². The fourth-order valence-electron chi connectivity index (χ4n) is 1.60. The Balaban J connectivity index is 1.90. The molecule has 7 heteroatoms. The van der Waals surface area contributed by atoms with Crippen LogP contribution in [0.15, 0.2) is 48.5 Å². The Morgan fingerprint density at radius 2 is 1.76 bits per heavy atom. The molecule has 0 aromatic heterocycles. The summed E-state index contributed by atoms with van der Waals surface area (Å²) in [7, 11) is -3.52. The van der Waals surface area contributed by atoms with Gasteiger partial charge in [-0.15, -0.1) is 0 Å². The zero-order valence-corrected chi connectivity index (χ0v) is 12.7. The lowest BCUT2D eigenvalue weighted by molar-refractivity contribution is 0.341. The Kier molecular flexibility index (Phi) is 4.93. The Labute approximate surface area is 128 Å². The highest BCUT2D eigenvalue weighted by molar-refractivity contribution is 7.92. The molecule has 0 fully saturated rings. The number of rotatable bonds is 6. The minimum absolute atomic E-state index is 0.0315. The quantitative estimate of drug-likeness (QED) is 0.800. The number of anilines is 2. The van der Waals surface area contributed by atoms with E-state index < -0.39 is 10.0 Å². The highest BCUT2D eigenvalue weighted by Crippen LogP contribution is 2.21. The van der Waals surface area contributed by atoms with Gasteiger partial charge in [0.15, 0.2) is 0 Å². The van der Waals surface area contributed by atoms with Crippen molar-refractivity contribution in [2.75, 3.05) is 22.8 Å². The summed E-state index contributed by atoms with van der Waals surface area (Å²) in [5.74, 6) is 0.389. The summed E-state index contributed by atoms with van der Waals surface area (Å²) in [6, 6.07) is 13.4. The molecule has 2 rings (SSSR count). The highest BCUT2D eigenvalue weighted by Gasteiger charge is 2.12. The van der Waals surface area contributed by atoms with Gasteiger partial charge in [-0.3, -0.25) is 4.72 Å². The first-order chi connectivity index (χ1) is 9.96. The van der Waals surface area contributed by atoms with Crippen LogP contribution >= 0.6 is 11.6 Å². The van der Waals surface area contributed by atoms with Crippen LogP contribution in [-0.4, -0.2) is 20.8 Å². The average molecular weight is 327 g/mol. The molecular formula is C14H15ClN2O3S. The van der Waals surface area contributed by atoms with Crippen LogP contribution in [0.3, 0.4) is 0 Å². The summed E-state index contributed by atoms with van der Waals surface area (Å²) in [5.41, 5.74) is 6.52. The Bertz CT molecular complexity index is 702. The van der Waals surface area contributed by atoms with Gasteiger partial charge in [-0.1, -0.05) is 23.7 Å². The van der Waals surface area contributed by atoms with Crippen LogP contribution in [0, 0.1) is 0 Å². The minimum atomic E-state index is -3.52. The average Bonchev–Trinajstić information content (AvgIpc) is 2.43. The van der Waals surface area contributed by atoms with Crippen molar-refractivity contribution >= 4 is 33.0 Å². The Morgan fingerprint density at radius 3 is 2.43 bits per heavy atom. The van der Waals surface area contributed by atoms with E-state index in [4.69, 9.17) is 22.1 Å². The smallest absolute Gasteiger partial charge is 0.236 e. The molecule has 0 spiro atoms. The molecule has 0 saturated heterocycles. The SMILES string of the molecule is Nc1ccc(OCCS(=O)(=O)Nc2ccccc2Cl)cc1. The lowest BCUT2D eigenvalue weighted by Gasteiger charge is -2.10. The molecule has 0 atom stereocenters. The predicted octanol–water partition coefficient (Wildman–Crippen LogP) is 2.74. The van der Waals surface area contributed by atoms with Gasteiger partial charge < -0.3 is 10.5 Å². The number of benzene rings is 2. The molecule has 112 valence electrons. The van der Waals surface area contributed by atoms with E-state index in [0.29, 0.717) is 22.1 Å². The van der Waals surface area contributed by atoms with Crippen LogP contribution in [0.2, 0.25) is 5.02 Å². The Hall–Kier alpha value is -1.92. The van der Waals surface area contributed by atoms with Crippen LogP contribution in [0.5, 0.6) is 5.75 Å².